The molecule has 7 nitrogen and oxygen atoms in total. The van der Waals surface area contributed by atoms with Gasteiger partial charge in [-0.1, -0.05) is 42.5 Å². The number of rotatable bonds is 8. The minimum Gasteiger partial charge on any atom is -0.490 e. The Hall–Kier alpha value is -3.48. The van der Waals surface area contributed by atoms with Crippen molar-refractivity contribution in [3.8, 4) is 5.75 Å². The molecule has 0 spiro atoms. The molecule has 0 fully saturated rings. The Morgan fingerprint density at radius 2 is 1.83 bits per heavy atom. The number of methoxy groups -OCH3 is 1. The maximum absolute atomic E-state index is 12.9. The third-order valence-corrected chi connectivity index (χ3v) is 4.69. The number of furan rings is 1. The first kappa shape index (κ1) is 21.2. The van der Waals surface area contributed by atoms with E-state index in [1.807, 2.05) is 68.4 Å². The predicted octanol–water partition coefficient (Wildman–Crippen LogP) is 3.98. The number of alkyl carbamates (subject to hydrolysis) is 1. The molecule has 0 saturated heterocycles. The minimum atomic E-state index is -0.786. The van der Waals surface area contributed by atoms with E-state index in [0.717, 1.165) is 10.9 Å². The van der Waals surface area contributed by atoms with Crippen molar-refractivity contribution in [3.63, 3.8) is 0 Å². The third kappa shape index (κ3) is 5.11. The van der Waals surface area contributed by atoms with Crippen molar-refractivity contribution in [1.29, 1.82) is 0 Å². The van der Waals surface area contributed by atoms with Crippen molar-refractivity contribution < 1.29 is 23.5 Å². The normalized spacial score (nSPS) is 12.8. The molecule has 30 heavy (non-hydrogen) atoms. The number of carbonyl (C=O) groups is 2. The summed E-state index contributed by atoms with van der Waals surface area (Å²) in [6, 6.07) is 15.8. The largest absolute Gasteiger partial charge is 0.490 e. The van der Waals surface area contributed by atoms with Crippen molar-refractivity contribution in [3.05, 3.63) is 65.9 Å². The summed E-state index contributed by atoms with van der Waals surface area (Å²) >= 11 is 0. The highest BCUT2D eigenvalue weighted by atomic mass is 16.5. The number of hydrogen-bond acceptors (Lipinski definition) is 5. The maximum atomic E-state index is 12.9. The molecule has 7 heteroatoms. The second kappa shape index (κ2) is 9.82. The molecule has 3 aromatic rings. The fourth-order valence-corrected chi connectivity index (χ4v) is 3.18. The Morgan fingerprint density at radius 1 is 1.07 bits per heavy atom. The quantitative estimate of drug-likeness (QED) is 0.586. The summed E-state index contributed by atoms with van der Waals surface area (Å²) in [5.41, 5.74) is 1.57. The molecule has 0 bridgehead atoms. The van der Waals surface area contributed by atoms with E-state index in [-0.39, 0.29) is 5.91 Å². The summed E-state index contributed by atoms with van der Waals surface area (Å²) in [5.74, 6) is 0.929. The predicted molar refractivity (Wildman–Crippen MR) is 113 cm³/mol. The lowest BCUT2D eigenvalue weighted by molar-refractivity contribution is -0.123. The molecule has 2 unspecified atom stereocenters. The lowest BCUT2D eigenvalue weighted by Crippen LogP contribution is -2.48. The fraction of sp³-hybridized carbons (Fsp3) is 0.304. The van der Waals surface area contributed by atoms with E-state index in [4.69, 9.17) is 9.15 Å². The van der Waals surface area contributed by atoms with Gasteiger partial charge in [0.2, 0.25) is 5.91 Å². The number of ether oxygens (including phenoxy) is 2. The number of carbonyl (C=O) groups excluding carboxylic acids is 2. The highest BCUT2D eigenvalue weighted by Gasteiger charge is 2.24. The monoisotopic (exact) mass is 410 g/mol. The molecule has 158 valence electrons. The Kier molecular flexibility index (Phi) is 6.95. The molecule has 2 aromatic carbocycles. The van der Waals surface area contributed by atoms with Crippen LogP contribution in [0, 0.1) is 0 Å². The van der Waals surface area contributed by atoms with Crippen LogP contribution < -0.4 is 15.4 Å². The molecule has 2 atom stereocenters. The minimum absolute atomic E-state index is 0.331. The molecular formula is C23H26N2O5. The van der Waals surface area contributed by atoms with Crippen molar-refractivity contribution in [2.75, 3.05) is 13.7 Å². The van der Waals surface area contributed by atoms with E-state index in [0.29, 0.717) is 30.1 Å². The van der Waals surface area contributed by atoms with Crippen molar-refractivity contribution in [2.45, 2.75) is 32.4 Å². The van der Waals surface area contributed by atoms with Gasteiger partial charge in [-0.3, -0.25) is 4.79 Å². The first-order chi connectivity index (χ1) is 14.5. The van der Waals surface area contributed by atoms with Gasteiger partial charge in [0.05, 0.1) is 19.8 Å². The number of para-hydroxylation sites is 1. The zero-order valence-electron chi connectivity index (χ0n) is 17.3. The topological polar surface area (TPSA) is 89.8 Å². The SMILES string of the molecule is CCOc1cccc2cc(C(C)NC(=O)C(Cc3ccccc3)NC(=O)OC)oc12. The van der Waals surface area contributed by atoms with E-state index < -0.39 is 18.2 Å². The fourth-order valence-electron chi connectivity index (χ4n) is 3.18. The summed E-state index contributed by atoms with van der Waals surface area (Å²) in [5, 5.41) is 6.41. The van der Waals surface area contributed by atoms with Crippen molar-refractivity contribution in [1.82, 2.24) is 10.6 Å². The van der Waals surface area contributed by atoms with Gasteiger partial charge in [-0.15, -0.1) is 0 Å². The summed E-state index contributed by atoms with van der Waals surface area (Å²) in [6.07, 6.45) is -0.327. The average Bonchev–Trinajstić information content (AvgIpc) is 3.19. The molecule has 0 radical (unpaired) electrons. The molecule has 1 aromatic heterocycles. The molecule has 0 saturated carbocycles. The van der Waals surface area contributed by atoms with E-state index in [9.17, 15) is 9.59 Å². The Balaban J connectivity index is 1.76. The van der Waals surface area contributed by atoms with Crippen LogP contribution in [0.5, 0.6) is 5.75 Å². The van der Waals surface area contributed by atoms with E-state index in [1.54, 1.807) is 0 Å². The Labute approximate surface area is 175 Å². The second-order valence-corrected chi connectivity index (χ2v) is 6.86. The number of hydrogen-bond donors (Lipinski definition) is 2. The highest BCUT2D eigenvalue weighted by molar-refractivity contribution is 5.87. The van der Waals surface area contributed by atoms with Crippen molar-refractivity contribution >= 4 is 23.0 Å². The van der Waals surface area contributed by atoms with Gasteiger partial charge in [-0.2, -0.15) is 0 Å². The standard InChI is InChI=1S/C23H26N2O5/c1-4-29-19-12-8-11-17-14-20(30-21(17)19)15(2)24-22(26)18(25-23(27)28-3)13-16-9-6-5-7-10-16/h5-12,14-15,18H,4,13H2,1-3H3,(H,24,26)(H,25,27). The highest BCUT2D eigenvalue weighted by Crippen LogP contribution is 2.31. The van der Waals surface area contributed by atoms with Crippen LogP contribution in [0.15, 0.2) is 59.0 Å². The summed E-state index contributed by atoms with van der Waals surface area (Å²) in [4.78, 5) is 24.7. The lowest BCUT2D eigenvalue weighted by atomic mass is 10.0. The van der Waals surface area contributed by atoms with E-state index in [1.165, 1.54) is 7.11 Å². The number of amides is 2. The molecule has 0 aliphatic carbocycles. The van der Waals surface area contributed by atoms with Gasteiger partial charge in [-0.25, -0.2) is 4.79 Å². The van der Waals surface area contributed by atoms with E-state index in [2.05, 4.69) is 15.4 Å². The molecule has 2 N–H and O–H groups in total. The van der Waals surface area contributed by atoms with Crippen LogP contribution in [0.4, 0.5) is 4.79 Å². The van der Waals surface area contributed by atoms with Gasteiger partial charge in [-0.05, 0) is 31.5 Å². The van der Waals surface area contributed by atoms with Gasteiger partial charge in [0.15, 0.2) is 11.3 Å². The zero-order chi connectivity index (χ0) is 21.5. The Bertz CT molecular complexity index is 999. The third-order valence-electron chi connectivity index (χ3n) is 4.69. The molecule has 2 amide bonds. The van der Waals surface area contributed by atoms with Crippen LogP contribution in [0.25, 0.3) is 11.0 Å². The van der Waals surface area contributed by atoms with Gasteiger partial charge >= 0.3 is 6.09 Å². The first-order valence-corrected chi connectivity index (χ1v) is 9.85. The number of benzene rings is 2. The van der Waals surface area contributed by atoms with E-state index >= 15 is 0 Å². The summed E-state index contributed by atoms with van der Waals surface area (Å²) in [7, 11) is 1.26. The van der Waals surface area contributed by atoms with Crippen LogP contribution in [-0.4, -0.2) is 31.8 Å². The lowest BCUT2D eigenvalue weighted by Gasteiger charge is -2.20. The average molecular weight is 410 g/mol. The van der Waals surface area contributed by atoms with Crippen molar-refractivity contribution in [2.24, 2.45) is 0 Å². The number of fused-ring (bicyclic) bond motifs is 1. The maximum Gasteiger partial charge on any atom is 0.407 e. The van der Waals surface area contributed by atoms with Crippen LogP contribution >= 0.6 is 0 Å². The molecule has 1 heterocycles. The van der Waals surface area contributed by atoms with Crippen LogP contribution in [0.2, 0.25) is 0 Å². The molecular weight excluding hydrogens is 384 g/mol. The van der Waals surface area contributed by atoms with Gasteiger partial charge in [0.25, 0.3) is 0 Å². The smallest absolute Gasteiger partial charge is 0.407 e. The zero-order valence-corrected chi connectivity index (χ0v) is 17.3. The Morgan fingerprint density at radius 3 is 2.53 bits per heavy atom. The molecule has 0 aliphatic heterocycles. The number of nitrogens with one attached hydrogen (secondary N) is 2. The molecule has 0 aliphatic rings. The second-order valence-electron chi connectivity index (χ2n) is 6.86. The van der Waals surface area contributed by atoms with Gasteiger partial charge < -0.3 is 24.5 Å². The summed E-state index contributed by atoms with van der Waals surface area (Å²) < 4.78 is 16.2. The van der Waals surface area contributed by atoms with Crippen LogP contribution in [0.1, 0.15) is 31.2 Å². The van der Waals surface area contributed by atoms with Gasteiger partial charge in [0.1, 0.15) is 11.8 Å². The first-order valence-electron chi connectivity index (χ1n) is 9.85. The van der Waals surface area contributed by atoms with Gasteiger partial charge in [0, 0.05) is 11.8 Å². The summed E-state index contributed by atoms with van der Waals surface area (Å²) in [6.45, 7) is 4.27. The van der Waals surface area contributed by atoms with Crippen LogP contribution in [-0.2, 0) is 16.0 Å². The molecule has 3 rings (SSSR count). The van der Waals surface area contributed by atoms with Crippen LogP contribution in [0.3, 0.4) is 0 Å².